The highest BCUT2D eigenvalue weighted by Crippen LogP contribution is 2.16. The van der Waals surface area contributed by atoms with E-state index in [1.807, 2.05) is 60.7 Å². The molecule has 0 saturated carbocycles. The fourth-order valence-electron chi connectivity index (χ4n) is 2.21. The van der Waals surface area contributed by atoms with E-state index in [-0.39, 0.29) is 5.91 Å². The van der Waals surface area contributed by atoms with Gasteiger partial charge in [0.1, 0.15) is 0 Å². The van der Waals surface area contributed by atoms with Gasteiger partial charge in [0.15, 0.2) is 0 Å². The van der Waals surface area contributed by atoms with Crippen LogP contribution in [0.2, 0.25) is 0 Å². The van der Waals surface area contributed by atoms with Crippen molar-refractivity contribution in [2.75, 3.05) is 0 Å². The minimum atomic E-state index is -0.273. The van der Waals surface area contributed by atoms with E-state index in [4.69, 9.17) is 0 Å². The maximum atomic E-state index is 12.4. The maximum Gasteiger partial charge on any atom is 0.272 e. The first-order chi connectivity index (χ1) is 11.8. The van der Waals surface area contributed by atoms with Crippen molar-refractivity contribution in [3.63, 3.8) is 0 Å². The molecule has 0 radical (unpaired) electrons. The number of aromatic nitrogens is 1. The van der Waals surface area contributed by atoms with Gasteiger partial charge >= 0.3 is 0 Å². The Hall–Kier alpha value is -2.79. The molecular formula is C19H14BrN3O. The molecule has 3 rings (SSSR count). The monoisotopic (exact) mass is 379 g/mol. The minimum absolute atomic E-state index is 0.273. The van der Waals surface area contributed by atoms with Gasteiger partial charge in [-0.3, -0.25) is 9.78 Å². The van der Waals surface area contributed by atoms with Crippen LogP contribution >= 0.6 is 15.9 Å². The first-order valence-electron chi connectivity index (χ1n) is 7.34. The number of benzene rings is 2. The predicted octanol–water partition coefficient (Wildman–Crippen LogP) is 4.03. The Morgan fingerprint density at radius 1 is 0.875 bits per heavy atom. The fourth-order valence-corrected chi connectivity index (χ4v) is 2.68. The zero-order valence-corrected chi connectivity index (χ0v) is 14.3. The molecule has 118 valence electrons. The smallest absolute Gasteiger partial charge is 0.267 e. The first kappa shape index (κ1) is 16.1. The first-order valence-corrected chi connectivity index (χ1v) is 8.13. The third-order valence-electron chi connectivity index (χ3n) is 3.39. The number of nitrogens with zero attached hydrogens (tertiary/aromatic N) is 2. The lowest BCUT2D eigenvalue weighted by molar-refractivity contribution is 0.0954. The molecule has 3 aromatic rings. The zero-order valence-electron chi connectivity index (χ0n) is 12.7. The van der Waals surface area contributed by atoms with Crippen LogP contribution in [-0.4, -0.2) is 16.6 Å². The Labute approximate surface area is 148 Å². The highest BCUT2D eigenvalue weighted by molar-refractivity contribution is 9.10. The van der Waals surface area contributed by atoms with E-state index < -0.39 is 0 Å². The lowest BCUT2D eigenvalue weighted by Crippen LogP contribution is -2.21. The van der Waals surface area contributed by atoms with E-state index in [1.165, 1.54) is 0 Å². The third-order valence-corrected chi connectivity index (χ3v) is 4.08. The van der Waals surface area contributed by atoms with E-state index in [1.54, 1.807) is 18.5 Å². The van der Waals surface area contributed by atoms with Crippen molar-refractivity contribution >= 4 is 27.5 Å². The Morgan fingerprint density at radius 2 is 1.50 bits per heavy atom. The van der Waals surface area contributed by atoms with Crippen molar-refractivity contribution in [2.45, 2.75) is 0 Å². The van der Waals surface area contributed by atoms with Crippen LogP contribution in [0.4, 0.5) is 0 Å². The van der Waals surface area contributed by atoms with Crippen LogP contribution in [0.25, 0.3) is 0 Å². The Kier molecular flexibility index (Phi) is 5.13. The topological polar surface area (TPSA) is 54.4 Å². The van der Waals surface area contributed by atoms with Gasteiger partial charge in [-0.05, 0) is 40.2 Å². The molecule has 0 unspecified atom stereocenters. The molecule has 5 heteroatoms. The number of pyridine rings is 1. The fraction of sp³-hybridized carbons (Fsp3) is 0. The molecule has 0 saturated heterocycles. The number of hydrogen-bond donors (Lipinski definition) is 1. The average molecular weight is 380 g/mol. The molecule has 1 N–H and O–H groups in total. The summed E-state index contributed by atoms with van der Waals surface area (Å²) in [6.45, 7) is 0. The van der Waals surface area contributed by atoms with Crippen molar-refractivity contribution in [1.82, 2.24) is 10.4 Å². The number of amides is 1. The molecule has 4 nitrogen and oxygen atoms in total. The van der Waals surface area contributed by atoms with Gasteiger partial charge < -0.3 is 0 Å². The molecule has 1 aromatic heterocycles. The lowest BCUT2D eigenvalue weighted by Gasteiger charge is -2.08. The molecular weight excluding hydrogens is 366 g/mol. The number of hydrogen-bond acceptors (Lipinski definition) is 3. The quantitative estimate of drug-likeness (QED) is 0.549. The summed E-state index contributed by atoms with van der Waals surface area (Å²) in [5.74, 6) is -0.273. The normalized spacial score (nSPS) is 11.1. The average Bonchev–Trinajstić information content (AvgIpc) is 2.64. The predicted molar refractivity (Wildman–Crippen MR) is 97.9 cm³/mol. The number of rotatable bonds is 4. The Bertz CT molecular complexity index is 823. The van der Waals surface area contributed by atoms with Gasteiger partial charge in [-0.2, -0.15) is 5.10 Å². The second-order valence-electron chi connectivity index (χ2n) is 4.98. The molecule has 0 aliphatic rings. The van der Waals surface area contributed by atoms with E-state index in [0.29, 0.717) is 11.3 Å². The number of carbonyl (C=O) groups excluding carboxylic acids is 1. The largest absolute Gasteiger partial charge is 0.272 e. The molecule has 24 heavy (non-hydrogen) atoms. The van der Waals surface area contributed by atoms with Crippen molar-refractivity contribution in [2.24, 2.45) is 5.10 Å². The van der Waals surface area contributed by atoms with Gasteiger partial charge in [0.05, 0.1) is 11.3 Å². The standard InChI is InChI=1S/C19H14BrN3O/c20-17-9-5-4-8-16(17)19(24)23-22-18(14-6-2-1-3-7-14)15-10-12-21-13-11-15/h1-13H,(H,23,24)/b22-18+. The van der Waals surface area contributed by atoms with Gasteiger partial charge in [0, 0.05) is 28.0 Å². The van der Waals surface area contributed by atoms with Crippen LogP contribution in [0.1, 0.15) is 21.5 Å². The van der Waals surface area contributed by atoms with Crippen molar-refractivity contribution in [3.8, 4) is 0 Å². The van der Waals surface area contributed by atoms with Crippen molar-refractivity contribution in [3.05, 3.63) is 100 Å². The van der Waals surface area contributed by atoms with Gasteiger partial charge in [0.2, 0.25) is 0 Å². The number of hydrazone groups is 1. The summed E-state index contributed by atoms with van der Waals surface area (Å²) in [7, 11) is 0. The summed E-state index contributed by atoms with van der Waals surface area (Å²) in [6, 6.07) is 20.6. The molecule has 0 aliphatic carbocycles. The summed E-state index contributed by atoms with van der Waals surface area (Å²) >= 11 is 3.38. The lowest BCUT2D eigenvalue weighted by atomic mass is 10.0. The van der Waals surface area contributed by atoms with Crippen molar-refractivity contribution in [1.29, 1.82) is 0 Å². The Morgan fingerprint density at radius 3 is 2.21 bits per heavy atom. The molecule has 0 spiro atoms. The summed E-state index contributed by atoms with van der Waals surface area (Å²) in [4.78, 5) is 16.4. The van der Waals surface area contributed by atoms with Crippen LogP contribution < -0.4 is 5.43 Å². The number of halogens is 1. The van der Waals surface area contributed by atoms with E-state index in [2.05, 4.69) is 31.4 Å². The summed E-state index contributed by atoms with van der Waals surface area (Å²) < 4.78 is 0.725. The van der Waals surface area contributed by atoms with Gasteiger partial charge in [0.25, 0.3) is 5.91 Å². The maximum absolute atomic E-state index is 12.4. The van der Waals surface area contributed by atoms with Crippen molar-refractivity contribution < 1.29 is 4.79 Å². The van der Waals surface area contributed by atoms with Crippen LogP contribution in [0.5, 0.6) is 0 Å². The van der Waals surface area contributed by atoms with Gasteiger partial charge in [-0.1, -0.05) is 42.5 Å². The SMILES string of the molecule is O=C(N/N=C(\c1ccccc1)c1ccncc1)c1ccccc1Br. The second kappa shape index (κ2) is 7.66. The third kappa shape index (κ3) is 3.75. The highest BCUT2D eigenvalue weighted by atomic mass is 79.9. The van der Waals surface area contributed by atoms with E-state index in [0.717, 1.165) is 15.6 Å². The minimum Gasteiger partial charge on any atom is -0.267 e. The van der Waals surface area contributed by atoms with Crippen LogP contribution in [0, 0.1) is 0 Å². The van der Waals surface area contributed by atoms with Gasteiger partial charge in [-0.25, -0.2) is 5.43 Å². The molecule has 0 fully saturated rings. The van der Waals surface area contributed by atoms with Crippen LogP contribution in [0.15, 0.2) is 88.7 Å². The molecule has 0 bridgehead atoms. The molecule has 1 amide bonds. The summed E-state index contributed by atoms with van der Waals surface area (Å²) in [5.41, 5.74) is 5.64. The zero-order chi connectivity index (χ0) is 16.8. The number of carbonyl (C=O) groups is 1. The Balaban J connectivity index is 1.93. The molecule has 0 atom stereocenters. The van der Waals surface area contributed by atoms with Crippen LogP contribution in [0.3, 0.4) is 0 Å². The summed E-state index contributed by atoms with van der Waals surface area (Å²) in [6.07, 6.45) is 3.40. The molecule has 2 aromatic carbocycles. The van der Waals surface area contributed by atoms with E-state index in [9.17, 15) is 4.79 Å². The molecule has 0 aliphatic heterocycles. The number of nitrogens with one attached hydrogen (secondary N) is 1. The second-order valence-corrected chi connectivity index (χ2v) is 5.84. The summed E-state index contributed by atoms with van der Waals surface area (Å²) in [5, 5.41) is 4.35. The van der Waals surface area contributed by atoms with E-state index >= 15 is 0 Å². The van der Waals surface area contributed by atoms with Gasteiger partial charge in [-0.15, -0.1) is 0 Å². The highest BCUT2D eigenvalue weighted by Gasteiger charge is 2.11. The van der Waals surface area contributed by atoms with Crippen LogP contribution in [-0.2, 0) is 0 Å². The molecule has 1 heterocycles.